The van der Waals surface area contributed by atoms with Gasteiger partial charge < -0.3 is 9.64 Å². The Morgan fingerprint density at radius 2 is 1.81 bits per heavy atom. The summed E-state index contributed by atoms with van der Waals surface area (Å²) in [5, 5.41) is 0. The van der Waals surface area contributed by atoms with E-state index < -0.39 is 34.3 Å². The van der Waals surface area contributed by atoms with Crippen molar-refractivity contribution in [1.29, 1.82) is 0 Å². The normalized spacial score (nSPS) is 17.6. The van der Waals surface area contributed by atoms with Crippen LogP contribution in [0.2, 0.25) is 0 Å². The van der Waals surface area contributed by atoms with Crippen molar-refractivity contribution in [2.45, 2.75) is 38.5 Å². The summed E-state index contributed by atoms with van der Waals surface area (Å²) < 4.78 is 76.1. The number of rotatable bonds is 8. The van der Waals surface area contributed by atoms with E-state index in [0.717, 1.165) is 0 Å². The molecule has 0 saturated carbocycles. The number of halogens is 3. The van der Waals surface area contributed by atoms with Crippen LogP contribution in [-0.4, -0.2) is 62.2 Å². The minimum absolute atomic E-state index is 0.160. The van der Waals surface area contributed by atoms with Crippen LogP contribution < -0.4 is 14.2 Å². The topological polar surface area (TPSA) is 96.5 Å². The Morgan fingerprint density at radius 1 is 1.19 bits per heavy atom. The first-order chi connectivity index (χ1) is 14.6. The van der Waals surface area contributed by atoms with Gasteiger partial charge in [0.05, 0.1) is 11.0 Å². The van der Waals surface area contributed by atoms with Crippen LogP contribution in [0.5, 0.6) is 5.88 Å². The monoisotopic (exact) mass is 461 g/mol. The molecule has 2 heterocycles. The van der Waals surface area contributed by atoms with Crippen molar-refractivity contribution in [3.05, 3.63) is 24.3 Å². The van der Waals surface area contributed by atoms with Gasteiger partial charge in [-0.05, 0) is 51.5 Å². The average molecular weight is 462 g/mol. The fraction of sp³-hybridized carbons (Fsp3) is 0.579. The average Bonchev–Trinajstić information content (AvgIpc) is 2.70. The molecule has 0 bridgehead atoms. The number of likely N-dealkylation sites (tertiary alicyclic amines) is 1. The van der Waals surface area contributed by atoms with Crippen molar-refractivity contribution in [1.82, 2.24) is 19.6 Å². The molecule has 1 aliphatic heterocycles. The van der Waals surface area contributed by atoms with E-state index in [-0.39, 0.29) is 12.4 Å². The van der Waals surface area contributed by atoms with Crippen molar-refractivity contribution in [2.24, 2.45) is 5.92 Å². The van der Waals surface area contributed by atoms with E-state index in [1.807, 2.05) is 11.9 Å². The summed E-state index contributed by atoms with van der Waals surface area (Å²) in [6.07, 6.45) is -5.62. The van der Waals surface area contributed by atoms with Crippen LogP contribution in [0.1, 0.15) is 26.2 Å². The molecule has 0 spiro atoms. The maximum Gasteiger partial charge on any atom is 0.425 e. The van der Waals surface area contributed by atoms with Crippen molar-refractivity contribution in [2.75, 3.05) is 31.4 Å². The molecule has 1 saturated heterocycles. The van der Waals surface area contributed by atoms with Gasteiger partial charge in [-0.15, -0.1) is 0 Å². The molecule has 0 amide bonds. The molecule has 1 atom stereocenters. The molecule has 1 aromatic heterocycles. The molecule has 0 radical (unpaired) electrons. The van der Waals surface area contributed by atoms with Crippen molar-refractivity contribution in [3.63, 3.8) is 0 Å². The summed E-state index contributed by atoms with van der Waals surface area (Å²) in [4.78, 5) is 10.3. The second-order valence-electron chi connectivity index (χ2n) is 7.59. The summed E-state index contributed by atoms with van der Waals surface area (Å²) in [5.74, 6) is -1.65. The molecular formula is C19H26F3N5O3S. The van der Waals surface area contributed by atoms with Crippen LogP contribution in [0.25, 0.3) is 11.0 Å². The molecule has 12 heteroatoms. The molecule has 8 nitrogen and oxygen atoms in total. The molecule has 2 N–H and O–H groups in total. The van der Waals surface area contributed by atoms with E-state index in [4.69, 9.17) is 4.74 Å². The van der Waals surface area contributed by atoms with Gasteiger partial charge in [-0.1, -0.05) is 19.1 Å². The second-order valence-corrected chi connectivity index (χ2v) is 9.09. The zero-order valence-corrected chi connectivity index (χ0v) is 18.1. The van der Waals surface area contributed by atoms with Crippen molar-refractivity contribution >= 4 is 27.1 Å². The molecule has 3 rings (SSSR count). The number of hydrogen-bond acceptors (Lipinski definition) is 6. The van der Waals surface area contributed by atoms with Crippen LogP contribution in [-0.2, 0) is 10.2 Å². The Labute approximate surface area is 179 Å². The molecule has 1 unspecified atom stereocenters. The summed E-state index contributed by atoms with van der Waals surface area (Å²) in [7, 11) is -2.21. The van der Waals surface area contributed by atoms with E-state index in [1.165, 1.54) is 0 Å². The third kappa shape index (κ3) is 6.17. The van der Waals surface area contributed by atoms with Crippen LogP contribution in [0.4, 0.5) is 19.0 Å². The first-order valence-corrected chi connectivity index (χ1v) is 11.5. The first kappa shape index (κ1) is 23.5. The Kier molecular flexibility index (Phi) is 7.22. The van der Waals surface area contributed by atoms with E-state index >= 15 is 0 Å². The number of aromatic nitrogens is 2. The number of fused-ring (bicyclic) bond motifs is 1. The fourth-order valence-electron chi connectivity index (χ4n) is 3.41. The third-order valence-electron chi connectivity index (χ3n) is 5.06. The Hall–Kier alpha value is -2.18. The van der Waals surface area contributed by atoms with E-state index in [9.17, 15) is 21.6 Å². The van der Waals surface area contributed by atoms with Crippen LogP contribution in [0, 0.1) is 5.92 Å². The lowest BCUT2D eigenvalue weighted by molar-refractivity contribution is -0.214. The lowest BCUT2D eigenvalue weighted by atomic mass is 9.91. The lowest BCUT2D eigenvalue weighted by Crippen LogP contribution is -2.46. The molecule has 1 aromatic carbocycles. The van der Waals surface area contributed by atoms with E-state index in [0.29, 0.717) is 43.4 Å². The fourth-order valence-corrected chi connectivity index (χ4v) is 4.35. The zero-order chi connectivity index (χ0) is 22.6. The predicted molar refractivity (Wildman–Crippen MR) is 111 cm³/mol. The zero-order valence-electron chi connectivity index (χ0n) is 17.3. The molecular weight excluding hydrogens is 435 g/mol. The molecule has 2 aromatic rings. The van der Waals surface area contributed by atoms with Gasteiger partial charge in [0.15, 0.2) is 6.10 Å². The Balaban J connectivity index is 1.97. The summed E-state index contributed by atoms with van der Waals surface area (Å²) >= 11 is 0. The Bertz CT molecular complexity index is 995. The number of ether oxygens (including phenoxy) is 1. The highest BCUT2D eigenvalue weighted by molar-refractivity contribution is 7.90. The highest BCUT2D eigenvalue weighted by Crippen LogP contribution is 2.36. The summed E-state index contributed by atoms with van der Waals surface area (Å²) in [6.45, 7) is 2.98. The SMILES string of the molecule is CCCNS(=O)(=O)Nc1nc2ccccc2nc1OC(C1CCN(C)CC1)C(F)(F)F. The number of para-hydroxylation sites is 2. The minimum Gasteiger partial charge on any atom is -0.462 e. The highest BCUT2D eigenvalue weighted by Gasteiger charge is 2.48. The van der Waals surface area contributed by atoms with Crippen LogP contribution in [0.3, 0.4) is 0 Å². The summed E-state index contributed by atoms with van der Waals surface area (Å²) in [6, 6.07) is 6.48. The quantitative estimate of drug-likeness (QED) is 0.628. The number of nitrogens with one attached hydrogen (secondary N) is 2. The number of alkyl halides is 3. The van der Waals surface area contributed by atoms with Gasteiger partial charge in [0.25, 0.3) is 16.1 Å². The second kappa shape index (κ2) is 9.53. The van der Waals surface area contributed by atoms with E-state index in [1.54, 1.807) is 31.2 Å². The predicted octanol–water partition coefficient (Wildman–Crippen LogP) is 2.94. The number of piperidine rings is 1. The molecule has 172 valence electrons. The minimum atomic E-state index is -4.65. The molecule has 1 aliphatic rings. The molecule has 31 heavy (non-hydrogen) atoms. The van der Waals surface area contributed by atoms with Crippen LogP contribution >= 0.6 is 0 Å². The lowest BCUT2D eigenvalue weighted by Gasteiger charge is -2.35. The van der Waals surface area contributed by atoms with Crippen molar-refractivity contribution < 1.29 is 26.3 Å². The van der Waals surface area contributed by atoms with Gasteiger partial charge >= 0.3 is 6.18 Å². The highest BCUT2D eigenvalue weighted by atomic mass is 32.2. The standard InChI is InChI=1S/C19H26F3N5O3S/c1-3-10-23-31(28,29)26-17-18(25-15-7-5-4-6-14(15)24-17)30-16(19(20,21)22)13-8-11-27(2)12-9-13/h4-7,13,16,23H,3,8-12H2,1-2H3,(H,24,26). The van der Waals surface area contributed by atoms with Gasteiger partial charge in [-0.3, -0.25) is 4.72 Å². The van der Waals surface area contributed by atoms with Crippen LogP contribution in [0.15, 0.2) is 24.3 Å². The number of hydrogen-bond donors (Lipinski definition) is 2. The molecule has 0 aliphatic carbocycles. The maximum atomic E-state index is 13.9. The van der Waals surface area contributed by atoms with Gasteiger partial charge in [0.1, 0.15) is 0 Å². The Morgan fingerprint density at radius 3 is 2.39 bits per heavy atom. The maximum absolute atomic E-state index is 13.9. The third-order valence-corrected chi connectivity index (χ3v) is 6.11. The smallest absolute Gasteiger partial charge is 0.425 e. The van der Waals surface area contributed by atoms with E-state index in [2.05, 4.69) is 19.4 Å². The van der Waals surface area contributed by atoms with Crippen molar-refractivity contribution in [3.8, 4) is 5.88 Å². The molecule has 1 fully saturated rings. The summed E-state index contributed by atoms with van der Waals surface area (Å²) in [5.41, 5.74) is 0.622. The van der Waals surface area contributed by atoms with Gasteiger partial charge in [0, 0.05) is 12.5 Å². The number of anilines is 1. The number of nitrogens with zero attached hydrogens (tertiary/aromatic N) is 3. The number of benzene rings is 1. The van der Waals surface area contributed by atoms with Gasteiger partial charge in [-0.25, -0.2) is 9.97 Å². The largest absolute Gasteiger partial charge is 0.462 e. The van der Waals surface area contributed by atoms with Gasteiger partial charge in [0.2, 0.25) is 5.82 Å². The first-order valence-electron chi connectivity index (χ1n) is 10.0. The van der Waals surface area contributed by atoms with Gasteiger partial charge in [-0.2, -0.15) is 26.3 Å².